The average molecular weight is 249 g/mol. The molecular weight excluding hydrogens is 230 g/mol. The molecule has 4 heteroatoms. The second-order valence-electron chi connectivity index (χ2n) is 4.32. The maximum Gasteiger partial charge on any atom is 0.409 e. The van der Waals surface area contributed by atoms with Crippen molar-refractivity contribution >= 4 is 6.09 Å². The lowest BCUT2D eigenvalue weighted by Gasteiger charge is -2.31. The summed E-state index contributed by atoms with van der Waals surface area (Å²) in [5.74, 6) is 0.895. The van der Waals surface area contributed by atoms with Crippen LogP contribution < -0.4 is 4.74 Å². The van der Waals surface area contributed by atoms with E-state index in [2.05, 4.69) is 0 Å². The van der Waals surface area contributed by atoms with Crippen LogP contribution in [0.4, 0.5) is 4.79 Å². The zero-order valence-corrected chi connectivity index (χ0v) is 10.7. The number of rotatable bonds is 3. The van der Waals surface area contributed by atoms with Crippen LogP contribution in [0.25, 0.3) is 0 Å². The summed E-state index contributed by atoms with van der Waals surface area (Å²) in [5, 5.41) is 0. The SMILES string of the molecule is CCOC(=O)N1CCC(Oc2ccccc2)CC1. The topological polar surface area (TPSA) is 38.8 Å². The molecule has 1 aromatic carbocycles. The number of para-hydroxylation sites is 1. The van der Waals surface area contributed by atoms with Gasteiger partial charge in [0, 0.05) is 25.9 Å². The van der Waals surface area contributed by atoms with Crippen LogP contribution >= 0.6 is 0 Å². The van der Waals surface area contributed by atoms with Crippen LogP contribution in [0.5, 0.6) is 5.75 Å². The molecule has 0 aliphatic carbocycles. The number of hydrogen-bond donors (Lipinski definition) is 0. The molecule has 1 aromatic rings. The first-order valence-corrected chi connectivity index (χ1v) is 6.43. The van der Waals surface area contributed by atoms with Gasteiger partial charge in [0.1, 0.15) is 11.9 Å². The Morgan fingerprint density at radius 3 is 2.56 bits per heavy atom. The molecule has 1 aliphatic rings. The highest BCUT2D eigenvalue weighted by Crippen LogP contribution is 2.18. The van der Waals surface area contributed by atoms with Gasteiger partial charge in [0.2, 0.25) is 0 Å². The van der Waals surface area contributed by atoms with Crippen LogP contribution in [0.15, 0.2) is 30.3 Å². The van der Waals surface area contributed by atoms with Gasteiger partial charge in [0.25, 0.3) is 0 Å². The summed E-state index contributed by atoms with van der Waals surface area (Å²) >= 11 is 0. The monoisotopic (exact) mass is 249 g/mol. The summed E-state index contributed by atoms with van der Waals surface area (Å²) in [6.07, 6.45) is 1.69. The predicted molar refractivity (Wildman–Crippen MR) is 68.7 cm³/mol. The maximum atomic E-state index is 11.5. The molecule has 98 valence electrons. The van der Waals surface area contributed by atoms with Crippen molar-refractivity contribution in [3.8, 4) is 5.75 Å². The molecule has 4 nitrogen and oxygen atoms in total. The molecule has 0 spiro atoms. The van der Waals surface area contributed by atoms with Crippen molar-refractivity contribution in [3.63, 3.8) is 0 Å². The molecule has 2 rings (SSSR count). The Morgan fingerprint density at radius 2 is 1.94 bits per heavy atom. The van der Waals surface area contributed by atoms with Gasteiger partial charge >= 0.3 is 6.09 Å². The van der Waals surface area contributed by atoms with E-state index in [1.165, 1.54) is 0 Å². The second-order valence-corrected chi connectivity index (χ2v) is 4.32. The van der Waals surface area contributed by atoms with E-state index in [4.69, 9.17) is 9.47 Å². The lowest BCUT2D eigenvalue weighted by Crippen LogP contribution is -2.42. The van der Waals surface area contributed by atoms with Crippen LogP contribution in [0.3, 0.4) is 0 Å². The molecule has 1 heterocycles. The highest BCUT2D eigenvalue weighted by molar-refractivity contribution is 5.67. The van der Waals surface area contributed by atoms with Crippen molar-refractivity contribution in [2.75, 3.05) is 19.7 Å². The third-order valence-electron chi connectivity index (χ3n) is 3.01. The Labute approximate surface area is 107 Å². The zero-order chi connectivity index (χ0) is 12.8. The number of carbonyl (C=O) groups is 1. The normalized spacial score (nSPS) is 16.4. The Morgan fingerprint density at radius 1 is 1.28 bits per heavy atom. The molecule has 0 unspecified atom stereocenters. The molecule has 0 bridgehead atoms. The van der Waals surface area contributed by atoms with Crippen LogP contribution in [0.2, 0.25) is 0 Å². The van der Waals surface area contributed by atoms with Crippen molar-refractivity contribution < 1.29 is 14.3 Å². The number of benzene rings is 1. The fourth-order valence-corrected chi connectivity index (χ4v) is 2.06. The minimum absolute atomic E-state index is 0.193. The maximum absolute atomic E-state index is 11.5. The summed E-state index contributed by atoms with van der Waals surface area (Å²) in [6, 6.07) is 9.80. The molecule has 1 aliphatic heterocycles. The Bertz CT molecular complexity index is 372. The molecule has 1 amide bonds. The van der Waals surface area contributed by atoms with E-state index in [0.29, 0.717) is 19.7 Å². The van der Waals surface area contributed by atoms with Crippen LogP contribution in [0.1, 0.15) is 19.8 Å². The van der Waals surface area contributed by atoms with Gasteiger partial charge < -0.3 is 14.4 Å². The van der Waals surface area contributed by atoms with Crippen molar-refractivity contribution in [2.24, 2.45) is 0 Å². The van der Waals surface area contributed by atoms with Gasteiger partial charge in [0.15, 0.2) is 0 Å². The quantitative estimate of drug-likeness (QED) is 0.826. The molecule has 1 fully saturated rings. The molecule has 1 saturated heterocycles. The molecular formula is C14H19NO3. The summed E-state index contributed by atoms with van der Waals surface area (Å²) in [6.45, 7) is 3.66. The van der Waals surface area contributed by atoms with E-state index < -0.39 is 0 Å². The van der Waals surface area contributed by atoms with Gasteiger partial charge in [-0.1, -0.05) is 18.2 Å². The summed E-state index contributed by atoms with van der Waals surface area (Å²) in [4.78, 5) is 13.3. The van der Waals surface area contributed by atoms with E-state index in [-0.39, 0.29) is 12.2 Å². The van der Waals surface area contributed by atoms with E-state index in [0.717, 1.165) is 18.6 Å². The molecule has 18 heavy (non-hydrogen) atoms. The van der Waals surface area contributed by atoms with Gasteiger partial charge in [-0.15, -0.1) is 0 Å². The lowest BCUT2D eigenvalue weighted by atomic mass is 10.1. The lowest BCUT2D eigenvalue weighted by molar-refractivity contribution is 0.0703. The number of piperidine rings is 1. The third kappa shape index (κ3) is 3.39. The van der Waals surface area contributed by atoms with Gasteiger partial charge in [-0.05, 0) is 19.1 Å². The second kappa shape index (κ2) is 6.28. The molecule has 0 saturated carbocycles. The fourth-order valence-electron chi connectivity index (χ4n) is 2.06. The van der Waals surface area contributed by atoms with Crippen LogP contribution in [0, 0.1) is 0 Å². The van der Waals surface area contributed by atoms with E-state index in [9.17, 15) is 4.79 Å². The van der Waals surface area contributed by atoms with Crippen molar-refractivity contribution in [1.82, 2.24) is 4.90 Å². The Balaban J connectivity index is 1.78. The highest BCUT2D eigenvalue weighted by atomic mass is 16.6. The number of ether oxygens (including phenoxy) is 2. The summed E-state index contributed by atoms with van der Waals surface area (Å²) in [7, 11) is 0. The summed E-state index contributed by atoms with van der Waals surface area (Å²) < 4.78 is 10.8. The summed E-state index contributed by atoms with van der Waals surface area (Å²) in [5.41, 5.74) is 0. The highest BCUT2D eigenvalue weighted by Gasteiger charge is 2.24. The fraction of sp³-hybridized carbons (Fsp3) is 0.500. The Kier molecular flexibility index (Phi) is 4.45. The van der Waals surface area contributed by atoms with Gasteiger partial charge in [-0.3, -0.25) is 0 Å². The largest absolute Gasteiger partial charge is 0.490 e. The molecule has 0 aromatic heterocycles. The third-order valence-corrected chi connectivity index (χ3v) is 3.01. The van der Waals surface area contributed by atoms with Gasteiger partial charge in [-0.2, -0.15) is 0 Å². The number of nitrogens with zero attached hydrogens (tertiary/aromatic N) is 1. The standard InChI is InChI=1S/C14H19NO3/c1-2-17-14(16)15-10-8-13(9-11-15)18-12-6-4-3-5-7-12/h3-7,13H,2,8-11H2,1H3. The minimum atomic E-state index is -0.212. The number of likely N-dealkylation sites (tertiary alicyclic amines) is 1. The number of carbonyl (C=O) groups excluding carboxylic acids is 1. The molecule has 0 N–H and O–H groups in total. The zero-order valence-electron chi connectivity index (χ0n) is 10.7. The van der Waals surface area contributed by atoms with Gasteiger partial charge in [-0.25, -0.2) is 4.79 Å². The number of amides is 1. The molecule has 0 atom stereocenters. The predicted octanol–water partition coefficient (Wildman–Crippen LogP) is 2.69. The van der Waals surface area contributed by atoms with Crippen molar-refractivity contribution in [2.45, 2.75) is 25.9 Å². The van der Waals surface area contributed by atoms with Crippen LogP contribution in [-0.4, -0.2) is 36.8 Å². The number of hydrogen-bond acceptors (Lipinski definition) is 3. The van der Waals surface area contributed by atoms with Crippen LogP contribution in [-0.2, 0) is 4.74 Å². The first-order valence-electron chi connectivity index (χ1n) is 6.43. The average Bonchev–Trinajstić information content (AvgIpc) is 2.41. The smallest absolute Gasteiger partial charge is 0.409 e. The first kappa shape index (κ1) is 12.7. The van der Waals surface area contributed by atoms with Gasteiger partial charge in [0.05, 0.1) is 6.61 Å². The van der Waals surface area contributed by atoms with E-state index >= 15 is 0 Å². The van der Waals surface area contributed by atoms with Crippen molar-refractivity contribution in [3.05, 3.63) is 30.3 Å². The van der Waals surface area contributed by atoms with E-state index in [1.54, 1.807) is 4.90 Å². The minimum Gasteiger partial charge on any atom is -0.490 e. The Hall–Kier alpha value is -1.71. The molecule has 0 radical (unpaired) electrons. The van der Waals surface area contributed by atoms with E-state index in [1.807, 2.05) is 37.3 Å². The first-order chi connectivity index (χ1) is 8.79. The van der Waals surface area contributed by atoms with Crippen molar-refractivity contribution in [1.29, 1.82) is 0 Å².